The molecule has 0 fully saturated rings. The first kappa shape index (κ1) is 16.8. The van der Waals surface area contributed by atoms with Gasteiger partial charge in [-0.1, -0.05) is 41.1 Å². The van der Waals surface area contributed by atoms with Crippen LogP contribution in [0.3, 0.4) is 0 Å². The van der Waals surface area contributed by atoms with Gasteiger partial charge < -0.3 is 14.8 Å². The summed E-state index contributed by atoms with van der Waals surface area (Å²) in [6.07, 6.45) is 0.945. The van der Waals surface area contributed by atoms with E-state index in [-0.39, 0.29) is 12.7 Å². The Hall–Kier alpha value is -2.64. The zero-order chi connectivity index (χ0) is 17.9. The molecule has 1 aliphatic heterocycles. The van der Waals surface area contributed by atoms with Crippen LogP contribution in [-0.4, -0.2) is 22.9 Å². The van der Waals surface area contributed by atoms with Crippen molar-refractivity contribution in [3.8, 4) is 22.1 Å². The molecule has 8 heteroatoms. The average molecular weight is 388 g/mol. The summed E-state index contributed by atoms with van der Waals surface area (Å²) in [5.74, 6) is 1.35. The highest BCUT2D eigenvalue weighted by Crippen LogP contribution is 2.33. The predicted octanol–water partition coefficient (Wildman–Crippen LogP) is 4.16. The first-order valence-corrected chi connectivity index (χ1v) is 9.15. The Kier molecular flexibility index (Phi) is 4.73. The number of ether oxygens (including phenoxy) is 2. The van der Waals surface area contributed by atoms with E-state index in [1.165, 1.54) is 11.3 Å². The second-order valence-electron chi connectivity index (χ2n) is 5.66. The van der Waals surface area contributed by atoms with Crippen LogP contribution in [0.2, 0.25) is 5.02 Å². The normalized spacial score (nSPS) is 12.2. The molecule has 0 saturated heterocycles. The van der Waals surface area contributed by atoms with Crippen molar-refractivity contribution in [1.82, 2.24) is 10.2 Å². The SMILES string of the molecule is O=C(CCc1ccc2c(c1)OCO2)Nc1nnc(-c2ccc(Cl)cc2)s1. The predicted molar refractivity (Wildman–Crippen MR) is 99.9 cm³/mol. The van der Waals surface area contributed by atoms with E-state index in [0.717, 1.165) is 27.6 Å². The number of carbonyl (C=O) groups excluding carboxylic acids is 1. The fourth-order valence-corrected chi connectivity index (χ4v) is 3.41. The maximum atomic E-state index is 12.2. The summed E-state index contributed by atoms with van der Waals surface area (Å²) in [6.45, 7) is 0.242. The average Bonchev–Trinajstić information content (AvgIpc) is 3.29. The maximum absolute atomic E-state index is 12.2. The lowest BCUT2D eigenvalue weighted by Gasteiger charge is -2.03. The number of fused-ring (bicyclic) bond motifs is 1. The molecule has 1 aliphatic rings. The van der Waals surface area contributed by atoms with Gasteiger partial charge in [0, 0.05) is 17.0 Å². The number of nitrogens with one attached hydrogen (secondary N) is 1. The van der Waals surface area contributed by atoms with Crippen molar-refractivity contribution in [2.45, 2.75) is 12.8 Å². The third kappa shape index (κ3) is 3.79. The number of rotatable bonds is 5. The molecule has 0 saturated carbocycles. The lowest BCUT2D eigenvalue weighted by molar-refractivity contribution is -0.116. The van der Waals surface area contributed by atoms with E-state index in [0.29, 0.717) is 23.0 Å². The zero-order valence-electron chi connectivity index (χ0n) is 13.6. The lowest BCUT2D eigenvalue weighted by atomic mass is 10.1. The number of amides is 1. The van der Waals surface area contributed by atoms with Crippen LogP contribution >= 0.6 is 22.9 Å². The lowest BCUT2D eigenvalue weighted by Crippen LogP contribution is -2.12. The molecule has 132 valence electrons. The number of carbonyl (C=O) groups is 1. The van der Waals surface area contributed by atoms with Crippen molar-refractivity contribution in [3.05, 3.63) is 53.1 Å². The van der Waals surface area contributed by atoms with Crippen molar-refractivity contribution in [2.75, 3.05) is 12.1 Å². The van der Waals surface area contributed by atoms with Crippen LogP contribution < -0.4 is 14.8 Å². The molecule has 4 rings (SSSR count). The molecular formula is C18H14ClN3O3S. The summed E-state index contributed by atoms with van der Waals surface area (Å²) >= 11 is 7.21. The Morgan fingerprint density at radius 1 is 1.12 bits per heavy atom. The van der Waals surface area contributed by atoms with E-state index >= 15 is 0 Å². The van der Waals surface area contributed by atoms with Gasteiger partial charge in [-0.3, -0.25) is 4.79 Å². The summed E-state index contributed by atoms with van der Waals surface area (Å²) in [5, 5.41) is 12.8. The number of hydrogen-bond donors (Lipinski definition) is 1. The van der Waals surface area contributed by atoms with E-state index < -0.39 is 0 Å². The van der Waals surface area contributed by atoms with Crippen LogP contribution in [-0.2, 0) is 11.2 Å². The van der Waals surface area contributed by atoms with Crippen LogP contribution in [0.4, 0.5) is 5.13 Å². The quantitative estimate of drug-likeness (QED) is 0.711. The summed E-state index contributed by atoms with van der Waals surface area (Å²) in [4.78, 5) is 12.2. The Morgan fingerprint density at radius 3 is 2.77 bits per heavy atom. The van der Waals surface area contributed by atoms with Crippen molar-refractivity contribution >= 4 is 34.0 Å². The largest absolute Gasteiger partial charge is 0.454 e. The zero-order valence-corrected chi connectivity index (χ0v) is 15.1. The van der Waals surface area contributed by atoms with Crippen LogP contribution in [0.5, 0.6) is 11.5 Å². The number of hydrogen-bond acceptors (Lipinski definition) is 6. The van der Waals surface area contributed by atoms with E-state index in [1.54, 1.807) is 12.1 Å². The van der Waals surface area contributed by atoms with Gasteiger partial charge in [-0.25, -0.2) is 0 Å². The minimum Gasteiger partial charge on any atom is -0.454 e. The van der Waals surface area contributed by atoms with Crippen LogP contribution in [0.15, 0.2) is 42.5 Å². The summed E-state index contributed by atoms with van der Waals surface area (Å²) in [6, 6.07) is 13.0. The van der Waals surface area contributed by atoms with E-state index in [2.05, 4.69) is 15.5 Å². The van der Waals surface area contributed by atoms with Gasteiger partial charge in [0.1, 0.15) is 5.01 Å². The van der Waals surface area contributed by atoms with Crippen molar-refractivity contribution in [1.29, 1.82) is 0 Å². The van der Waals surface area contributed by atoms with Gasteiger partial charge in [-0.2, -0.15) is 0 Å². The van der Waals surface area contributed by atoms with Gasteiger partial charge in [-0.15, -0.1) is 10.2 Å². The minimum atomic E-state index is -0.110. The fraction of sp³-hybridized carbons (Fsp3) is 0.167. The number of anilines is 1. The van der Waals surface area contributed by atoms with Crippen LogP contribution in [0, 0.1) is 0 Å². The first-order chi connectivity index (χ1) is 12.7. The molecule has 1 amide bonds. The number of aromatic nitrogens is 2. The monoisotopic (exact) mass is 387 g/mol. The molecule has 26 heavy (non-hydrogen) atoms. The van der Waals surface area contributed by atoms with Gasteiger partial charge >= 0.3 is 0 Å². The Balaban J connectivity index is 1.34. The molecule has 3 aromatic rings. The van der Waals surface area contributed by atoms with Crippen molar-refractivity contribution in [3.63, 3.8) is 0 Å². The molecule has 1 aromatic heterocycles. The highest BCUT2D eigenvalue weighted by Gasteiger charge is 2.14. The first-order valence-electron chi connectivity index (χ1n) is 7.95. The van der Waals surface area contributed by atoms with Gasteiger partial charge in [-0.05, 0) is 36.2 Å². The molecule has 6 nitrogen and oxygen atoms in total. The summed E-state index contributed by atoms with van der Waals surface area (Å²) in [7, 11) is 0. The molecule has 2 aromatic carbocycles. The topological polar surface area (TPSA) is 73.3 Å². The highest BCUT2D eigenvalue weighted by molar-refractivity contribution is 7.18. The number of nitrogens with zero attached hydrogens (tertiary/aromatic N) is 2. The molecule has 1 N–H and O–H groups in total. The smallest absolute Gasteiger partial charge is 0.231 e. The summed E-state index contributed by atoms with van der Waals surface area (Å²) in [5.41, 5.74) is 1.93. The van der Waals surface area contributed by atoms with Crippen molar-refractivity contribution < 1.29 is 14.3 Å². The van der Waals surface area contributed by atoms with Gasteiger partial charge in [0.25, 0.3) is 0 Å². The molecule has 0 unspecified atom stereocenters. The van der Waals surface area contributed by atoms with Gasteiger partial charge in [0.05, 0.1) is 0 Å². The third-order valence-electron chi connectivity index (χ3n) is 3.84. The Labute approximate surface area is 158 Å². The van der Waals surface area contributed by atoms with Gasteiger partial charge in [0.2, 0.25) is 17.8 Å². The Bertz CT molecular complexity index is 943. The molecule has 0 atom stereocenters. The van der Waals surface area contributed by atoms with E-state index in [9.17, 15) is 4.79 Å². The second kappa shape index (κ2) is 7.31. The molecule has 0 radical (unpaired) electrons. The number of aryl methyl sites for hydroxylation is 1. The number of benzene rings is 2. The molecule has 0 bridgehead atoms. The number of halogens is 1. The molecular weight excluding hydrogens is 374 g/mol. The molecule has 2 heterocycles. The van der Waals surface area contributed by atoms with E-state index in [1.807, 2.05) is 30.3 Å². The molecule has 0 aliphatic carbocycles. The van der Waals surface area contributed by atoms with Crippen LogP contribution in [0.25, 0.3) is 10.6 Å². The molecule has 0 spiro atoms. The van der Waals surface area contributed by atoms with Crippen molar-refractivity contribution in [2.24, 2.45) is 0 Å². The fourth-order valence-electron chi connectivity index (χ4n) is 2.52. The van der Waals surface area contributed by atoms with E-state index in [4.69, 9.17) is 21.1 Å². The standard InChI is InChI=1S/C18H14ClN3O3S/c19-13-5-3-12(4-6-13)17-21-22-18(26-17)20-16(23)8-2-11-1-7-14-15(9-11)25-10-24-14/h1,3-7,9H,2,8,10H2,(H,20,22,23). The van der Waals surface area contributed by atoms with Crippen LogP contribution in [0.1, 0.15) is 12.0 Å². The second-order valence-corrected chi connectivity index (χ2v) is 7.07. The van der Waals surface area contributed by atoms with Gasteiger partial charge in [0.15, 0.2) is 11.5 Å². The summed E-state index contributed by atoms with van der Waals surface area (Å²) < 4.78 is 10.6. The Morgan fingerprint density at radius 2 is 1.92 bits per heavy atom. The maximum Gasteiger partial charge on any atom is 0.231 e. The third-order valence-corrected chi connectivity index (χ3v) is 4.98. The minimum absolute atomic E-state index is 0.110. The highest BCUT2D eigenvalue weighted by atomic mass is 35.5.